The van der Waals surface area contributed by atoms with E-state index in [2.05, 4.69) is 52.4 Å². The van der Waals surface area contributed by atoms with Crippen LogP contribution in [-0.2, 0) is 19.4 Å². The zero-order valence-electron chi connectivity index (χ0n) is 13.2. The largest absolute Gasteiger partial charge is 0.329 e. The number of nitrogens with zero attached hydrogens (tertiary/aromatic N) is 4. The van der Waals surface area contributed by atoms with Crippen molar-refractivity contribution in [2.24, 2.45) is 0 Å². The van der Waals surface area contributed by atoms with E-state index in [1.807, 2.05) is 18.6 Å². The summed E-state index contributed by atoms with van der Waals surface area (Å²) in [6, 6.07) is 4.17. The molecule has 0 N–H and O–H groups in total. The molecule has 0 aliphatic heterocycles. The van der Waals surface area contributed by atoms with Crippen LogP contribution in [0.25, 0.3) is 11.5 Å². The van der Waals surface area contributed by atoms with Crippen molar-refractivity contribution in [2.75, 3.05) is 0 Å². The maximum atomic E-state index is 4.60. The zero-order valence-corrected chi connectivity index (χ0v) is 14.0. The fraction of sp³-hybridized carbons (Fsp3) is 0.353. The van der Waals surface area contributed by atoms with Crippen LogP contribution in [0.4, 0.5) is 0 Å². The summed E-state index contributed by atoms with van der Waals surface area (Å²) in [6.45, 7) is 7.20. The van der Waals surface area contributed by atoms with Crippen molar-refractivity contribution in [2.45, 2.75) is 40.2 Å². The van der Waals surface area contributed by atoms with E-state index in [-0.39, 0.29) is 0 Å². The maximum absolute atomic E-state index is 4.60. The molecule has 0 aliphatic carbocycles. The Hall–Kier alpha value is -2.01. The van der Waals surface area contributed by atoms with Gasteiger partial charge in [0.25, 0.3) is 0 Å². The van der Waals surface area contributed by atoms with Gasteiger partial charge in [-0.1, -0.05) is 13.0 Å². The summed E-state index contributed by atoms with van der Waals surface area (Å²) >= 11 is 1.78. The van der Waals surface area contributed by atoms with E-state index in [4.69, 9.17) is 0 Å². The molecule has 114 valence electrons. The molecule has 0 bridgehead atoms. The van der Waals surface area contributed by atoms with Gasteiger partial charge in [0.05, 0.1) is 10.7 Å². The van der Waals surface area contributed by atoms with Crippen LogP contribution in [-0.4, -0.2) is 19.5 Å². The molecular weight excluding hydrogens is 292 g/mol. The third-order valence-electron chi connectivity index (χ3n) is 3.82. The minimum Gasteiger partial charge on any atom is -0.329 e. The van der Waals surface area contributed by atoms with E-state index >= 15 is 0 Å². The molecule has 22 heavy (non-hydrogen) atoms. The highest BCUT2D eigenvalue weighted by Gasteiger charge is 2.09. The molecule has 0 amide bonds. The number of aryl methyl sites for hydroxylation is 5. The van der Waals surface area contributed by atoms with E-state index in [1.54, 1.807) is 11.3 Å². The standard InChI is InChI=1S/C17H20N4S/c1-4-14-5-6-15(19-11-14)17-18-8-10-21(17)9-7-16-20-12(2)13(3)22-16/h5-6,8,10-11H,4,7,9H2,1-3H3. The molecule has 0 saturated carbocycles. The number of rotatable bonds is 5. The van der Waals surface area contributed by atoms with Crippen LogP contribution >= 0.6 is 11.3 Å². The molecule has 0 fully saturated rings. The number of pyridine rings is 1. The van der Waals surface area contributed by atoms with Crippen molar-refractivity contribution in [1.29, 1.82) is 0 Å². The van der Waals surface area contributed by atoms with Crippen molar-refractivity contribution in [3.8, 4) is 11.5 Å². The fourth-order valence-electron chi connectivity index (χ4n) is 2.35. The van der Waals surface area contributed by atoms with E-state index in [0.29, 0.717) is 0 Å². The quantitative estimate of drug-likeness (QED) is 0.719. The molecule has 0 aromatic carbocycles. The Labute approximate surface area is 134 Å². The number of thiazole rings is 1. The molecular formula is C17H20N4S. The van der Waals surface area contributed by atoms with Crippen LogP contribution in [0.3, 0.4) is 0 Å². The minimum atomic E-state index is 0.874. The molecule has 0 radical (unpaired) electrons. The lowest BCUT2D eigenvalue weighted by atomic mass is 10.2. The number of hydrogen-bond acceptors (Lipinski definition) is 4. The Balaban J connectivity index is 1.76. The molecule has 4 nitrogen and oxygen atoms in total. The van der Waals surface area contributed by atoms with Gasteiger partial charge in [0.2, 0.25) is 0 Å². The van der Waals surface area contributed by atoms with Crippen LogP contribution < -0.4 is 0 Å². The van der Waals surface area contributed by atoms with Gasteiger partial charge < -0.3 is 4.57 Å². The average Bonchev–Trinajstić information content (AvgIpc) is 3.12. The third kappa shape index (κ3) is 3.09. The van der Waals surface area contributed by atoms with Crippen LogP contribution in [0.2, 0.25) is 0 Å². The van der Waals surface area contributed by atoms with Gasteiger partial charge >= 0.3 is 0 Å². The summed E-state index contributed by atoms with van der Waals surface area (Å²) in [5.41, 5.74) is 3.31. The van der Waals surface area contributed by atoms with E-state index in [1.165, 1.54) is 15.4 Å². The summed E-state index contributed by atoms with van der Waals surface area (Å²) in [5.74, 6) is 0.924. The summed E-state index contributed by atoms with van der Waals surface area (Å²) < 4.78 is 2.15. The van der Waals surface area contributed by atoms with Gasteiger partial charge in [-0.05, 0) is 31.9 Å². The molecule has 0 atom stereocenters. The maximum Gasteiger partial charge on any atom is 0.158 e. The van der Waals surface area contributed by atoms with Gasteiger partial charge in [0.1, 0.15) is 5.69 Å². The molecule has 0 spiro atoms. The first kappa shape index (κ1) is 14.9. The summed E-state index contributed by atoms with van der Waals surface area (Å²) in [6.07, 6.45) is 7.71. The normalized spacial score (nSPS) is 11.0. The summed E-state index contributed by atoms with van der Waals surface area (Å²) in [7, 11) is 0. The number of imidazole rings is 1. The van der Waals surface area contributed by atoms with E-state index in [9.17, 15) is 0 Å². The zero-order chi connectivity index (χ0) is 15.5. The van der Waals surface area contributed by atoms with Crippen LogP contribution in [0.15, 0.2) is 30.7 Å². The lowest BCUT2D eigenvalue weighted by molar-refractivity contribution is 0.697. The van der Waals surface area contributed by atoms with Crippen molar-refractivity contribution in [3.05, 3.63) is 51.9 Å². The first-order chi connectivity index (χ1) is 10.7. The number of aromatic nitrogens is 4. The molecule has 3 heterocycles. The predicted octanol–water partition coefficient (Wildman–Crippen LogP) is 3.82. The monoisotopic (exact) mass is 312 g/mol. The average molecular weight is 312 g/mol. The highest BCUT2D eigenvalue weighted by atomic mass is 32.1. The second-order valence-corrected chi connectivity index (χ2v) is 6.64. The minimum absolute atomic E-state index is 0.874. The van der Waals surface area contributed by atoms with Gasteiger partial charge in [0, 0.05) is 36.4 Å². The Bertz CT molecular complexity index is 736. The molecule has 0 aliphatic rings. The van der Waals surface area contributed by atoms with Crippen molar-refractivity contribution < 1.29 is 0 Å². The second kappa shape index (κ2) is 6.40. The smallest absolute Gasteiger partial charge is 0.158 e. The van der Waals surface area contributed by atoms with Crippen LogP contribution in [0.5, 0.6) is 0 Å². The summed E-state index contributed by atoms with van der Waals surface area (Å²) in [5, 5.41) is 1.18. The van der Waals surface area contributed by atoms with Crippen molar-refractivity contribution in [3.63, 3.8) is 0 Å². The van der Waals surface area contributed by atoms with Crippen LogP contribution in [0, 0.1) is 13.8 Å². The third-order valence-corrected chi connectivity index (χ3v) is 4.95. The van der Waals surface area contributed by atoms with Gasteiger partial charge in [-0.25, -0.2) is 9.97 Å². The highest BCUT2D eigenvalue weighted by Crippen LogP contribution is 2.19. The molecule has 3 rings (SSSR count). The Morgan fingerprint density at radius 3 is 2.68 bits per heavy atom. The van der Waals surface area contributed by atoms with Crippen LogP contribution in [0.1, 0.15) is 28.1 Å². The number of hydrogen-bond donors (Lipinski definition) is 0. The lowest BCUT2D eigenvalue weighted by Crippen LogP contribution is -2.03. The van der Waals surface area contributed by atoms with Gasteiger partial charge in [-0.15, -0.1) is 11.3 Å². The first-order valence-corrected chi connectivity index (χ1v) is 8.38. The van der Waals surface area contributed by atoms with Crippen molar-refractivity contribution in [1.82, 2.24) is 19.5 Å². The molecule has 5 heteroatoms. The molecule has 3 aromatic rings. The first-order valence-electron chi connectivity index (χ1n) is 7.56. The molecule has 0 unspecified atom stereocenters. The molecule has 0 saturated heterocycles. The fourth-order valence-corrected chi connectivity index (χ4v) is 3.27. The summed E-state index contributed by atoms with van der Waals surface area (Å²) in [4.78, 5) is 14.9. The van der Waals surface area contributed by atoms with Gasteiger partial charge in [-0.2, -0.15) is 0 Å². The van der Waals surface area contributed by atoms with E-state index < -0.39 is 0 Å². The Morgan fingerprint density at radius 2 is 2.05 bits per heavy atom. The second-order valence-electron chi connectivity index (χ2n) is 5.35. The Kier molecular flexibility index (Phi) is 4.34. The predicted molar refractivity (Wildman–Crippen MR) is 90.1 cm³/mol. The Morgan fingerprint density at radius 1 is 1.18 bits per heavy atom. The van der Waals surface area contributed by atoms with Crippen molar-refractivity contribution >= 4 is 11.3 Å². The topological polar surface area (TPSA) is 43.6 Å². The molecule has 3 aromatic heterocycles. The van der Waals surface area contributed by atoms with E-state index in [0.717, 1.165) is 36.6 Å². The lowest BCUT2D eigenvalue weighted by Gasteiger charge is -2.06. The highest BCUT2D eigenvalue weighted by molar-refractivity contribution is 7.11. The van der Waals surface area contributed by atoms with Gasteiger partial charge in [0.15, 0.2) is 5.82 Å². The SMILES string of the molecule is CCc1ccc(-c2nccn2CCc2nc(C)c(C)s2)nc1. The van der Waals surface area contributed by atoms with Gasteiger partial charge in [-0.3, -0.25) is 4.98 Å².